The second-order valence-corrected chi connectivity index (χ2v) is 8.40. The molecule has 0 saturated carbocycles. The lowest BCUT2D eigenvalue weighted by Crippen LogP contribution is -2.22. The molecule has 6 nitrogen and oxygen atoms in total. The van der Waals surface area contributed by atoms with Crippen molar-refractivity contribution in [3.05, 3.63) is 119 Å². The molecule has 0 aliphatic heterocycles. The van der Waals surface area contributed by atoms with Gasteiger partial charge in [-0.25, -0.2) is 4.98 Å². The average Bonchev–Trinajstić information content (AvgIpc) is 3.43. The van der Waals surface area contributed by atoms with Crippen LogP contribution in [0.4, 0.5) is 5.69 Å². The van der Waals surface area contributed by atoms with Gasteiger partial charge in [-0.05, 0) is 43.2 Å². The van der Waals surface area contributed by atoms with Gasteiger partial charge in [0, 0.05) is 34.8 Å². The number of hydrogen-bond acceptors (Lipinski definition) is 4. The third-order valence-corrected chi connectivity index (χ3v) is 5.68. The first-order valence-electron chi connectivity index (χ1n) is 11.7. The van der Waals surface area contributed by atoms with Gasteiger partial charge in [0.15, 0.2) is 5.82 Å². The maximum Gasteiger partial charge on any atom is 0.159 e. The lowest BCUT2D eigenvalue weighted by molar-refractivity contribution is 1.06. The van der Waals surface area contributed by atoms with Crippen LogP contribution in [0.25, 0.3) is 35.8 Å². The molecule has 0 radical (unpaired) electrons. The Balaban J connectivity index is 1.63. The van der Waals surface area contributed by atoms with Crippen LogP contribution in [0.1, 0.15) is 29.4 Å². The third kappa shape index (κ3) is 5.67. The van der Waals surface area contributed by atoms with Gasteiger partial charge >= 0.3 is 0 Å². The molecule has 3 N–H and O–H groups in total. The van der Waals surface area contributed by atoms with E-state index in [0.29, 0.717) is 16.9 Å². The molecule has 0 unspecified atom stereocenters. The van der Waals surface area contributed by atoms with Crippen LogP contribution in [-0.4, -0.2) is 25.1 Å². The summed E-state index contributed by atoms with van der Waals surface area (Å²) in [4.78, 5) is 12.5. The highest BCUT2D eigenvalue weighted by Gasteiger charge is 2.12. The zero-order valence-electron chi connectivity index (χ0n) is 20.7. The van der Waals surface area contributed by atoms with Gasteiger partial charge in [-0.1, -0.05) is 68.3 Å². The highest BCUT2D eigenvalue weighted by molar-refractivity contribution is 5.89. The standard InChI is InChI=1S/C30H30N6/c1-6-8-14-28-22(5)33-30(34-28)29-27(21(4)35-36-29)17-24(7-2)25-16-26(19-31-18-25)32-20(3)15-23-12-10-9-11-13-23/h6-14,16-19,32,35H,1,3-4,15H2,2,5H3,(H,33,34)/b14-8-,24-7+,27-17+. The molecule has 4 rings (SSSR count). The smallest absolute Gasteiger partial charge is 0.159 e. The number of aryl methyl sites for hydroxylation is 1. The number of nitrogens with zero attached hydrogens (tertiary/aromatic N) is 3. The van der Waals surface area contributed by atoms with Gasteiger partial charge in [-0.2, -0.15) is 5.10 Å². The van der Waals surface area contributed by atoms with Crippen LogP contribution in [0.5, 0.6) is 0 Å². The molecule has 1 aromatic carbocycles. The number of rotatable bonds is 9. The van der Waals surface area contributed by atoms with Crippen LogP contribution >= 0.6 is 0 Å². The highest BCUT2D eigenvalue weighted by Crippen LogP contribution is 2.21. The molecular formula is C30H30N6. The second-order valence-electron chi connectivity index (χ2n) is 8.40. The molecule has 4 aromatic rings. The van der Waals surface area contributed by atoms with Crippen molar-refractivity contribution in [2.24, 2.45) is 0 Å². The Morgan fingerprint density at radius 3 is 2.72 bits per heavy atom. The number of H-pyrrole nitrogens is 2. The van der Waals surface area contributed by atoms with Crippen molar-refractivity contribution < 1.29 is 0 Å². The van der Waals surface area contributed by atoms with Crippen LogP contribution in [0, 0.1) is 6.92 Å². The summed E-state index contributed by atoms with van der Waals surface area (Å²) in [6, 6.07) is 12.3. The first kappa shape index (κ1) is 24.4. The van der Waals surface area contributed by atoms with Crippen molar-refractivity contribution >= 4 is 30.0 Å². The zero-order chi connectivity index (χ0) is 25.5. The maximum absolute atomic E-state index is 4.71. The average molecular weight is 475 g/mol. The molecule has 0 aliphatic rings. The second kappa shape index (κ2) is 11.1. The molecule has 3 heterocycles. The molecule has 180 valence electrons. The Bertz CT molecular complexity index is 1550. The lowest BCUT2D eigenvalue weighted by atomic mass is 10.1. The van der Waals surface area contributed by atoms with E-state index in [1.807, 2.05) is 56.5 Å². The summed E-state index contributed by atoms with van der Waals surface area (Å²) < 4.78 is 0. The Morgan fingerprint density at radius 2 is 1.97 bits per heavy atom. The summed E-state index contributed by atoms with van der Waals surface area (Å²) in [5.41, 5.74) is 7.44. The summed E-state index contributed by atoms with van der Waals surface area (Å²) in [7, 11) is 0. The Labute approximate surface area is 211 Å². The summed E-state index contributed by atoms with van der Waals surface area (Å²) >= 11 is 0. The van der Waals surface area contributed by atoms with Crippen molar-refractivity contribution in [2.45, 2.75) is 20.3 Å². The van der Waals surface area contributed by atoms with Crippen LogP contribution in [0.15, 0.2) is 85.9 Å². The van der Waals surface area contributed by atoms with E-state index in [2.05, 4.69) is 69.5 Å². The highest BCUT2D eigenvalue weighted by atomic mass is 15.1. The topological polar surface area (TPSA) is 82.3 Å². The number of hydrogen-bond donors (Lipinski definition) is 3. The summed E-state index contributed by atoms with van der Waals surface area (Å²) in [5.74, 6) is 0.676. The maximum atomic E-state index is 4.71. The van der Waals surface area contributed by atoms with Crippen LogP contribution < -0.4 is 15.9 Å². The number of aromatic nitrogens is 5. The predicted molar refractivity (Wildman–Crippen MR) is 150 cm³/mol. The SMILES string of the molecule is C=C/C=C\c1nc(-c2n[nH]c(=C)/c2=C\C(=C/C)c2cncc(NC(=C)Cc3ccccc3)c2)[nH]c1C. The molecule has 36 heavy (non-hydrogen) atoms. The molecule has 6 heteroatoms. The normalized spacial score (nSPS) is 12.3. The monoisotopic (exact) mass is 474 g/mol. The number of imidazole rings is 1. The zero-order valence-corrected chi connectivity index (χ0v) is 20.7. The van der Waals surface area contributed by atoms with Gasteiger partial charge in [0.2, 0.25) is 0 Å². The van der Waals surface area contributed by atoms with E-state index in [1.54, 1.807) is 12.3 Å². The Kier molecular flexibility index (Phi) is 7.56. The molecule has 0 saturated heterocycles. The van der Waals surface area contributed by atoms with Crippen molar-refractivity contribution in [1.29, 1.82) is 0 Å². The van der Waals surface area contributed by atoms with Crippen molar-refractivity contribution in [2.75, 3.05) is 5.32 Å². The van der Waals surface area contributed by atoms with Gasteiger partial charge in [0.25, 0.3) is 0 Å². The lowest BCUT2D eigenvalue weighted by Gasteiger charge is -2.11. The fourth-order valence-corrected chi connectivity index (χ4v) is 3.88. The first-order chi connectivity index (χ1) is 17.5. The molecule has 0 atom stereocenters. The van der Waals surface area contributed by atoms with E-state index in [4.69, 9.17) is 4.98 Å². The van der Waals surface area contributed by atoms with Gasteiger partial charge in [0.1, 0.15) is 5.69 Å². The van der Waals surface area contributed by atoms with E-state index >= 15 is 0 Å². The minimum Gasteiger partial charge on any atom is -0.358 e. The van der Waals surface area contributed by atoms with E-state index in [0.717, 1.165) is 45.5 Å². The fraction of sp³-hybridized carbons (Fsp3) is 0.100. The molecule has 0 fully saturated rings. The number of allylic oxidation sites excluding steroid dienone is 5. The Hall–Kier alpha value is -4.71. The number of pyridine rings is 1. The van der Waals surface area contributed by atoms with E-state index in [9.17, 15) is 0 Å². The molecule has 0 spiro atoms. The fourth-order valence-electron chi connectivity index (χ4n) is 3.88. The third-order valence-electron chi connectivity index (χ3n) is 5.68. The van der Waals surface area contributed by atoms with Gasteiger partial charge in [0.05, 0.1) is 22.9 Å². The quantitative estimate of drug-likeness (QED) is 0.293. The first-order valence-corrected chi connectivity index (χ1v) is 11.7. The van der Waals surface area contributed by atoms with Crippen LogP contribution in [0.2, 0.25) is 0 Å². The van der Waals surface area contributed by atoms with Crippen molar-refractivity contribution in [1.82, 2.24) is 25.1 Å². The number of aromatic amines is 2. The molecular weight excluding hydrogens is 444 g/mol. The van der Waals surface area contributed by atoms with Gasteiger partial charge in [-0.3, -0.25) is 10.1 Å². The van der Waals surface area contributed by atoms with Gasteiger partial charge in [-0.15, -0.1) is 0 Å². The number of benzene rings is 1. The van der Waals surface area contributed by atoms with E-state index in [-0.39, 0.29) is 0 Å². The van der Waals surface area contributed by atoms with Crippen molar-refractivity contribution in [3.8, 4) is 11.5 Å². The number of nitrogens with one attached hydrogen (secondary N) is 3. The number of anilines is 1. The molecule has 0 aliphatic carbocycles. The summed E-state index contributed by atoms with van der Waals surface area (Å²) in [6.45, 7) is 16.0. The largest absolute Gasteiger partial charge is 0.358 e. The summed E-state index contributed by atoms with van der Waals surface area (Å²) in [6.07, 6.45) is 14.0. The van der Waals surface area contributed by atoms with E-state index in [1.165, 1.54) is 5.56 Å². The van der Waals surface area contributed by atoms with Crippen LogP contribution in [-0.2, 0) is 6.42 Å². The van der Waals surface area contributed by atoms with Crippen LogP contribution in [0.3, 0.4) is 0 Å². The van der Waals surface area contributed by atoms with E-state index < -0.39 is 0 Å². The minimum atomic E-state index is 0.676. The van der Waals surface area contributed by atoms with Crippen molar-refractivity contribution in [3.63, 3.8) is 0 Å². The minimum absolute atomic E-state index is 0.676. The summed E-state index contributed by atoms with van der Waals surface area (Å²) in [5, 5.41) is 12.4. The Morgan fingerprint density at radius 1 is 1.17 bits per heavy atom. The molecule has 0 bridgehead atoms. The van der Waals surface area contributed by atoms with Gasteiger partial charge < -0.3 is 10.3 Å². The molecule has 0 amide bonds. The molecule has 3 aromatic heterocycles. The predicted octanol–water partition coefficient (Wildman–Crippen LogP) is 5.17.